The highest BCUT2D eigenvalue weighted by atomic mass is 16.4. The zero-order valence-electron chi connectivity index (χ0n) is 18.5. The maximum Gasteiger partial charge on any atom is 0.340 e. The Morgan fingerprint density at radius 2 is 1.55 bits per heavy atom. The molecule has 0 aliphatic carbocycles. The van der Waals surface area contributed by atoms with Crippen molar-refractivity contribution in [3.8, 4) is 11.1 Å². The smallest absolute Gasteiger partial charge is 0.340 e. The summed E-state index contributed by atoms with van der Waals surface area (Å²) >= 11 is 0. The lowest BCUT2D eigenvalue weighted by molar-refractivity contribution is 0.549. The molecule has 3 heteroatoms. The fraction of sp³-hybridized carbons (Fsp3) is 0.100. The van der Waals surface area contributed by atoms with Gasteiger partial charge in [0, 0.05) is 22.9 Å². The Hall–Kier alpha value is -4.11. The first-order valence-electron chi connectivity index (χ1n) is 11.1. The molecule has 6 aromatic rings. The van der Waals surface area contributed by atoms with Gasteiger partial charge in [-0.15, -0.1) is 0 Å². The summed E-state index contributed by atoms with van der Waals surface area (Å²) < 4.78 is 12.0. The Labute approximate surface area is 190 Å². The normalized spacial score (nSPS) is 11.6. The largest absolute Gasteiger partial charge is 0.463 e. The molecule has 0 atom stereocenters. The van der Waals surface area contributed by atoms with E-state index in [9.17, 15) is 4.79 Å². The molecule has 4 aromatic carbocycles. The van der Waals surface area contributed by atoms with Gasteiger partial charge in [0.2, 0.25) is 0 Å². The van der Waals surface area contributed by atoms with Gasteiger partial charge < -0.3 is 8.83 Å². The minimum Gasteiger partial charge on any atom is -0.463 e. The lowest BCUT2D eigenvalue weighted by atomic mass is 9.94. The molecule has 2 heterocycles. The van der Waals surface area contributed by atoms with Crippen LogP contribution in [0.2, 0.25) is 0 Å². The maximum absolute atomic E-state index is 12.9. The average Bonchev–Trinajstić information content (AvgIpc) is 3.28. The summed E-state index contributed by atoms with van der Waals surface area (Å²) in [5, 5.41) is 4.32. The second-order valence-corrected chi connectivity index (χ2v) is 8.64. The van der Waals surface area contributed by atoms with E-state index in [-0.39, 0.29) is 5.63 Å². The number of rotatable bonds is 3. The molecular weight excluding hydrogens is 408 g/mol. The number of hydrogen-bond acceptors (Lipinski definition) is 3. The first-order chi connectivity index (χ1) is 16.1. The van der Waals surface area contributed by atoms with Gasteiger partial charge in [-0.3, -0.25) is 0 Å². The van der Waals surface area contributed by atoms with Crippen molar-refractivity contribution in [1.29, 1.82) is 0 Å². The van der Waals surface area contributed by atoms with Crippen LogP contribution in [0.1, 0.15) is 22.3 Å². The van der Waals surface area contributed by atoms with Crippen molar-refractivity contribution in [2.75, 3.05) is 0 Å². The van der Waals surface area contributed by atoms with Crippen molar-refractivity contribution in [1.82, 2.24) is 0 Å². The minimum absolute atomic E-state index is 0.288. The SMILES string of the molecule is Cc1cc2oc(=O)c(Cc3ccccc3)c(C)c2c2occ(-c3ccc4ccccc4c3)c12. The van der Waals surface area contributed by atoms with Crippen LogP contribution in [0.3, 0.4) is 0 Å². The molecule has 0 aliphatic heterocycles. The van der Waals surface area contributed by atoms with Crippen molar-refractivity contribution in [3.05, 3.63) is 118 Å². The second kappa shape index (κ2) is 7.49. The van der Waals surface area contributed by atoms with E-state index in [1.54, 1.807) is 0 Å². The van der Waals surface area contributed by atoms with Crippen LogP contribution in [0.15, 0.2) is 98.8 Å². The Balaban J connectivity index is 1.60. The molecule has 2 aromatic heterocycles. The third kappa shape index (κ3) is 3.16. The fourth-order valence-electron chi connectivity index (χ4n) is 4.86. The topological polar surface area (TPSA) is 43.4 Å². The Kier molecular flexibility index (Phi) is 4.44. The standard InChI is InChI=1S/C30H22O3/c1-18-14-26-28(19(2)24(30(31)33-26)15-20-8-4-3-5-9-20)29-27(18)25(17-32-29)23-13-12-21-10-6-7-11-22(21)16-23/h3-14,16-17H,15H2,1-2H3. The van der Waals surface area contributed by atoms with Crippen LogP contribution in [0.25, 0.3) is 43.8 Å². The zero-order valence-corrected chi connectivity index (χ0v) is 18.5. The average molecular weight is 431 g/mol. The van der Waals surface area contributed by atoms with Crippen molar-refractivity contribution < 1.29 is 8.83 Å². The molecule has 3 nitrogen and oxygen atoms in total. The van der Waals surface area contributed by atoms with Gasteiger partial charge in [0.25, 0.3) is 0 Å². The van der Waals surface area contributed by atoms with Gasteiger partial charge >= 0.3 is 5.63 Å². The van der Waals surface area contributed by atoms with E-state index in [4.69, 9.17) is 8.83 Å². The number of aryl methyl sites for hydroxylation is 2. The highest BCUT2D eigenvalue weighted by Gasteiger charge is 2.20. The molecule has 0 saturated carbocycles. The Morgan fingerprint density at radius 1 is 0.788 bits per heavy atom. The Morgan fingerprint density at radius 3 is 2.36 bits per heavy atom. The van der Waals surface area contributed by atoms with E-state index in [0.717, 1.165) is 44.2 Å². The van der Waals surface area contributed by atoms with Gasteiger partial charge in [-0.2, -0.15) is 0 Å². The molecule has 0 saturated heterocycles. The van der Waals surface area contributed by atoms with E-state index in [0.29, 0.717) is 17.6 Å². The van der Waals surface area contributed by atoms with Crippen LogP contribution in [0.5, 0.6) is 0 Å². The van der Waals surface area contributed by atoms with Gasteiger partial charge in [0.05, 0.1) is 11.6 Å². The molecule has 160 valence electrons. The van der Waals surface area contributed by atoms with Crippen molar-refractivity contribution in [3.63, 3.8) is 0 Å². The van der Waals surface area contributed by atoms with Crippen molar-refractivity contribution in [2.45, 2.75) is 20.3 Å². The van der Waals surface area contributed by atoms with E-state index in [1.165, 1.54) is 10.8 Å². The predicted molar refractivity (Wildman–Crippen MR) is 134 cm³/mol. The number of hydrogen-bond donors (Lipinski definition) is 0. The summed E-state index contributed by atoms with van der Waals surface area (Å²) in [6.07, 6.45) is 2.35. The quantitative estimate of drug-likeness (QED) is 0.272. The summed E-state index contributed by atoms with van der Waals surface area (Å²) in [7, 11) is 0. The van der Waals surface area contributed by atoms with Crippen molar-refractivity contribution in [2.24, 2.45) is 0 Å². The summed E-state index contributed by atoms with van der Waals surface area (Å²) in [6, 6.07) is 26.8. The molecule has 6 rings (SSSR count). The molecule has 0 spiro atoms. The first-order valence-corrected chi connectivity index (χ1v) is 11.1. The molecule has 0 fully saturated rings. The molecule has 0 radical (unpaired) electrons. The molecule has 0 unspecified atom stereocenters. The van der Waals surface area contributed by atoms with Crippen LogP contribution in [-0.4, -0.2) is 0 Å². The molecule has 0 bridgehead atoms. The number of fused-ring (bicyclic) bond motifs is 4. The summed E-state index contributed by atoms with van der Waals surface area (Å²) in [4.78, 5) is 12.9. The first kappa shape index (κ1) is 19.6. The number of furan rings is 1. The molecule has 33 heavy (non-hydrogen) atoms. The molecular formula is C30H22O3. The second-order valence-electron chi connectivity index (χ2n) is 8.64. The third-order valence-electron chi connectivity index (χ3n) is 6.57. The van der Waals surface area contributed by atoms with E-state index in [1.807, 2.05) is 56.5 Å². The molecule has 0 N–H and O–H groups in total. The molecule has 0 amide bonds. The summed E-state index contributed by atoms with van der Waals surface area (Å²) in [5.41, 5.74) is 6.88. The summed E-state index contributed by atoms with van der Waals surface area (Å²) in [5.74, 6) is 0. The monoisotopic (exact) mass is 430 g/mol. The minimum atomic E-state index is -0.288. The van der Waals surface area contributed by atoms with E-state index in [2.05, 4.69) is 42.5 Å². The number of benzene rings is 4. The highest BCUT2D eigenvalue weighted by molar-refractivity contribution is 6.11. The zero-order chi connectivity index (χ0) is 22.5. The van der Waals surface area contributed by atoms with Crippen LogP contribution >= 0.6 is 0 Å². The maximum atomic E-state index is 12.9. The van der Waals surface area contributed by atoms with Crippen LogP contribution in [-0.2, 0) is 6.42 Å². The van der Waals surface area contributed by atoms with E-state index >= 15 is 0 Å². The van der Waals surface area contributed by atoms with E-state index < -0.39 is 0 Å². The van der Waals surface area contributed by atoms with Gasteiger partial charge in [0.15, 0.2) is 0 Å². The lowest BCUT2D eigenvalue weighted by Gasteiger charge is -2.10. The van der Waals surface area contributed by atoms with Gasteiger partial charge in [-0.1, -0.05) is 66.7 Å². The van der Waals surface area contributed by atoms with Crippen LogP contribution < -0.4 is 5.63 Å². The Bertz CT molecular complexity index is 1720. The van der Waals surface area contributed by atoms with Gasteiger partial charge in [-0.05, 0) is 59.0 Å². The highest BCUT2D eigenvalue weighted by Crippen LogP contribution is 2.39. The molecule has 0 aliphatic rings. The summed E-state index contributed by atoms with van der Waals surface area (Å²) in [6.45, 7) is 4.03. The van der Waals surface area contributed by atoms with Crippen molar-refractivity contribution >= 4 is 32.7 Å². The van der Waals surface area contributed by atoms with Gasteiger partial charge in [-0.25, -0.2) is 4.79 Å². The lowest BCUT2D eigenvalue weighted by Crippen LogP contribution is -2.11. The third-order valence-corrected chi connectivity index (χ3v) is 6.57. The fourth-order valence-corrected chi connectivity index (χ4v) is 4.86. The van der Waals surface area contributed by atoms with Crippen LogP contribution in [0.4, 0.5) is 0 Å². The van der Waals surface area contributed by atoms with Gasteiger partial charge in [0.1, 0.15) is 11.2 Å². The van der Waals surface area contributed by atoms with Crippen LogP contribution in [0, 0.1) is 13.8 Å². The predicted octanol–water partition coefficient (Wildman–Crippen LogP) is 7.57.